The zero-order chi connectivity index (χ0) is 13.0. The Morgan fingerprint density at radius 1 is 1.44 bits per heavy atom. The standard InChI is InChI=1S/C12H14N4O2/c1-2-11(12(17)18)15-9-3-5-10(6-4-9)16-8-13-7-14-16/h3-8,11,15H,2H2,1H3,(H,17,18). The summed E-state index contributed by atoms with van der Waals surface area (Å²) in [5.41, 5.74) is 1.65. The highest BCUT2D eigenvalue weighted by Crippen LogP contribution is 2.14. The van der Waals surface area contributed by atoms with E-state index in [-0.39, 0.29) is 0 Å². The number of aliphatic carboxylic acids is 1. The van der Waals surface area contributed by atoms with Crippen LogP contribution in [0.1, 0.15) is 13.3 Å². The van der Waals surface area contributed by atoms with Crippen molar-refractivity contribution in [3.05, 3.63) is 36.9 Å². The summed E-state index contributed by atoms with van der Waals surface area (Å²) < 4.78 is 1.64. The van der Waals surface area contributed by atoms with Crippen molar-refractivity contribution in [2.45, 2.75) is 19.4 Å². The monoisotopic (exact) mass is 246 g/mol. The smallest absolute Gasteiger partial charge is 0.326 e. The zero-order valence-corrected chi connectivity index (χ0v) is 9.95. The number of carbonyl (C=O) groups is 1. The van der Waals surface area contributed by atoms with Crippen LogP contribution < -0.4 is 5.32 Å². The maximum absolute atomic E-state index is 10.9. The largest absolute Gasteiger partial charge is 0.480 e. The van der Waals surface area contributed by atoms with Crippen LogP contribution in [0.4, 0.5) is 5.69 Å². The first-order chi connectivity index (χ1) is 8.70. The third-order valence-electron chi connectivity index (χ3n) is 2.60. The maximum Gasteiger partial charge on any atom is 0.326 e. The van der Waals surface area contributed by atoms with E-state index in [1.54, 1.807) is 11.0 Å². The van der Waals surface area contributed by atoms with Crippen molar-refractivity contribution in [2.75, 3.05) is 5.32 Å². The van der Waals surface area contributed by atoms with Gasteiger partial charge in [-0.3, -0.25) is 0 Å². The van der Waals surface area contributed by atoms with Gasteiger partial charge in [0.15, 0.2) is 0 Å². The van der Waals surface area contributed by atoms with Gasteiger partial charge in [-0.15, -0.1) is 0 Å². The quantitative estimate of drug-likeness (QED) is 0.836. The highest BCUT2D eigenvalue weighted by molar-refractivity contribution is 5.77. The molecule has 18 heavy (non-hydrogen) atoms. The van der Waals surface area contributed by atoms with Crippen LogP contribution in [-0.4, -0.2) is 31.9 Å². The second kappa shape index (κ2) is 5.31. The van der Waals surface area contributed by atoms with Crippen molar-refractivity contribution < 1.29 is 9.90 Å². The number of anilines is 1. The van der Waals surface area contributed by atoms with E-state index in [0.29, 0.717) is 6.42 Å². The van der Waals surface area contributed by atoms with Gasteiger partial charge in [0.1, 0.15) is 18.7 Å². The summed E-state index contributed by atoms with van der Waals surface area (Å²) in [4.78, 5) is 14.8. The van der Waals surface area contributed by atoms with E-state index < -0.39 is 12.0 Å². The Morgan fingerprint density at radius 3 is 2.67 bits per heavy atom. The fourth-order valence-corrected chi connectivity index (χ4v) is 1.59. The van der Waals surface area contributed by atoms with Gasteiger partial charge in [-0.2, -0.15) is 5.10 Å². The minimum atomic E-state index is -0.849. The van der Waals surface area contributed by atoms with Gasteiger partial charge in [0.25, 0.3) is 0 Å². The molecule has 2 rings (SSSR count). The SMILES string of the molecule is CCC(Nc1ccc(-n2cncn2)cc1)C(=O)O. The van der Waals surface area contributed by atoms with Crippen molar-refractivity contribution >= 4 is 11.7 Å². The summed E-state index contributed by atoms with van der Waals surface area (Å²) in [5, 5.41) is 15.9. The molecule has 6 nitrogen and oxygen atoms in total. The van der Waals surface area contributed by atoms with E-state index in [9.17, 15) is 4.79 Å². The first kappa shape index (κ1) is 12.1. The summed E-state index contributed by atoms with van der Waals surface area (Å²) in [6.45, 7) is 1.83. The van der Waals surface area contributed by atoms with Crippen molar-refractivity contribution in [3.63, 3.8) is 0 Å². The minimum Gasteiger partial charge on any atom is -0.480 e. The van der Waals surface area contributed by atoms with Gasteiger partial charge in [0, 0.05) is 5.69 Å². The molecule has 1 aromatic carbocycles. The fourth-order valence-electron chi connectivity index (χ4n) is 1.59. The van der Waals surface area contributed by atoms with Crippen LogP contribution in [0, 0.1) is 0 Å². The lowest BCUT2D eigenvalue weighted by Crippen LogP contribution is -2.28. The van der Waals surface area contributed by atoms with E-state index >= 15 is 0 Å². The number of nitrogens with one attached hydrogen (secondary N) is 1. The Morgan fingerprint density at radius 2 is 2.17 bits per heavy atom. The molecule has 0 saturated heterocycles. The molecule has 1 unspecified atom stereocenters. The molecule has 0 radical (unpaired) electrons. The summed E-state index contributed by atoms with van der Waals surface area (Å²) in [6.07, 6.45) is 3.60. The first-order valence-electron chi connectivity index (χ1n) is 5.65. The number of nitrogens with zero attached hydrogens (tertiary/aromatic N) is 3. The minimum absolute atomic E-state index is 0.528. The topological polar surface area (TPSA) is 80.0 Å². The van der Waals surface area contributed by atoms with Crippen LogP contribution in [0.25, 0.3) is 5.69 Å². The van der Waals surface area contributed by atoms with E-state index in [4.69, 9.17) is 5.11 Å². The Kier molecular flexibility index (Phi) is 3.57. The number of aromatic nitrogens is 3. The number of hydrogen-bond donors (Lipinski definition) is 2. The van der Waals surface area contributed by atoms with E-state index in [1.807, 2.05) is 31.2 Å². The fraction of sp³-hybridized carbons (Fsp3) is 0.250. The molecule has 0 amide bonds. The molecule has 2 N–H and O–H groups in total. The summed E-state index contributed by atoms with van der Waals surface area (Å²) in [6, 6.07) is 6.78. The molecule has 1 atom stereocenters. The molecule has 0 bridgehead atoms. The molecule has 0 saturated carbocycles. The molecule has 0 aliphatic rings. The predicted octanol–water partition coefficient (Wildman–Crippen LogP) is 1.54. The van der Waals surface area contributed by atoms with Gasteiger partial charge >= 0.3 is 5.97 Å². The van der Waals surface area contributed by atoms with Gasteiger partial charge < -0.3 is 10.4 Å². The number of rotatable bonds is 5. The summed E-state index contributed by atoms with van der Waals surface area (Å²) in [7, 11) is 0. The molecule has 0 aliphatic carbocycles. The Bertz CT molecular complexity index is 507. The van der Waals surface area contributed by atoms with Crippen LogP contribution in [0.5, 0.6) is 0 Å². The Balaban J connectivity index is 2.10. The molecule has 0 spiro atoms. The second-order valence-electron chi connectivity index (χ2n) is 3.83. The predicted molar refractivity (Wildman–Crippen MR) is 66.7 cm³/mol. The highest BCUT2D eigenvalue weighted by atomic mass is 16.4. The van der Waals surface area contributed by atoms with Crippen molar-refractivity contribution in [1.29, 1.82) is 0 Å². The number of carboxylic acids is 1. The van der Waals surface area contributed by atoms with Gasteiger partial charge in [-0.25, -0.2) is 14.5 Å². The third kappa shape index (κ3) is 2.65. The van der Waals surface area contributed by atoms with Crippen LogP contribution in [0.2, 0.25) is 0 Å². The van der Waals surface area contributed by atoms with Crippen molar-refractivity contribution in [2.24, 2.45) is 0 Å². The van der Waals surface area contributed by atoms with Crippen LogP contribution in [-0.2, 0) is 4.79 Å². The lowest BCUT2D eigenvalue weighted by Gasteiger charge is -2.13. The van der Waals surface area contributed by atoms with Gasteiger partial charge in [0.2, 0.25) is 0 Å². The average Bonchev–Trinajstić information content (AvgIpc) is 2.90. The number of benzene rings is 1. The average molecular weight is 246 g/mol. The zero-order valence-electron chi connectivity index (χ0n) is 9.95. The normalized spacial score (nSPS) is 12.1. The second-order valence-corrected chi connectivity index (χ2v) is 3.83. The van der Waals surface area contributed by atoms with E-state index in [0.717, 1.165) is 11.4 Å². The first-order valence-corrected chi connectivity index (χ1v) is 5.65. The number of carboxylic acid groups (broad SMARTS) is 1. The van der Waals surface area contributed by atoms with Crippen LogP contribution >= 0.6 is 0 Å². The molecule has 1 heterocycles. The molecule has 6 heteroatoms. The lowest BCUT2D eigenvalue weighted by atomic mass is 10.2. The molecular formula is C12H14N4O2. The van der Waals surface area contributed by atoms with Crippen molar-refractivity contribution in [3.8, 4) is 5.69 Å². The summed E-state index contributed by atoms with van der Waals surface area (Å²) in [5.74, 6) is -0.849. The molecule has 1 aromatic heterocycles. The van der Waals surface area contributed by atoms with Crippen molar-refractivity contribution in [1.82, 2.24) is 14.8 Å². The van der Waals surface area contributed by atoms with E-state index in [2.05, 4.69) is 15.4 Å². The van der Waals surface area contributed by atoms with Gasteiger partial charge in [-0.1, -0.05) is 6.92 Å². The maximum atomic E-state index is 10.9. The number of hydrogen-bond acceptors (Lipinski definition) is 4. The third-order valence-corrected chi connectivity index (χ3v) is 2.60. The Labute approximate surface area is 104 Å². The molecule has 0 aliphatic heterocycles. The highest BCUT2D eigenvalue weighted by Gasteiger charge is 2.13. The van der Waals surface area contributed by atoms with Crippen LogP contribution in [0.3, 0.4) is 0 Å². The Hall–Kier alpha value is -2.37. The molecular weight excluding hydrogens is 232 g/mol. The molecule has 94 valence electrons. The summed E-state index contributed by atoms with van der Waals surface area (Å²) >= 11 is 0. The molecule has 2 aromatic rings. The molecule has 0 fully saturated rings. The van der Waals surface area contributed by atoms with Crippen LogP contribution in [0.15, 0.2) is 36.9 Å². The van der Waals surface area contributed by atoms with Gasteiger partial charge in [0.05, 0.1) is 5.69 Å². The lowest BCUT2D eigenvalue weighted by molar-refractivity contribution is -0.137. The van der Waals surface area contributed by atoms with E-state index in [1.165, 1.54) is 6.33 Å². The van der Waals surface area contributed by atoms with Gasteiger partial charge in [-0.05, 0) is 30.7 Å².